The lowest BCUT2D eigenvalue weighted by atomic mass is 10.1. The van der Waals surface area contributed by atoms with Crippen molar-refractivity contribution in [2.24, 2.45) is 0 Å². The summed E-state index contributed by atoms with van der Waals surface area (Å²) < 4.78 is 1.01. The predicted octanol–water partition coefficient (Wildman–Crippen LogP) is 4.38. The van der Waals surface area contributed by atoms with Crippen molar-refractivity contribution < 1.29 is 4.79 Å². The Morgan fingerprint density at radius 1 is 1.15 bits per heavy atom. The first-order valence-corrected chi connectivity index (χ1v) is 10.2. The Hall–Kier alpha value is -1.99. The van der Waals surface area contributed by atoms with E-state index in [1.54, 1.807) is 11.3 Å². The quantitative estimate of drug-likeness (QED) is 0.674. The topological polar surface area (TPSA) is 67.8 Å². The average molecular weight is 387 g/mol. The molecule has 0 radical (unpaired) electrons. The summed E-state index contributed by atoms with van der Waals surface area (Å²) in [6.07, 6.45) is 0. The molecule has 2 aromatic heterocycles. The summed E-state index contributed by atoms with van der Waals surface area (Å²) in [5, 5.41) is 13.4. The minimum atomic E-state index is -0.245. The Labute approximate surface area is 161 Å². The van der Waals surface area contributed by atoms with E-state index < -0.39 is 0 Å². The molecule has 1 amide bonds. The first kappa shape index (κ1) is 18.8. The Bertz CT molecular complexity index is 943. The van der Waals surface area contributed by atoms with Crippen LogP contribution in [0.5, 0.6) is 0 Å². The molecular formula is C19H22N4OS2. The predicted molar refractivity (Wildman–Crippen MR) is 109 cm³/mol. The molecule has 0 fully saturated rings. The number of aromatic nitrogens is 3. The van der Waals surface area contributed by atoms with Gasteiger partial charge in [0.2, 0.25) is 5.91 Å². The molecule has 0 atom stereocenters. The molecule has 1 N–H and O–H groups in total. The fourth-order valence-electron chi connectivity index (χ4n) is 2.51. The maximum Gasteiger partial charge on any atom is 0.230 e. The molecule has 26 heavy (non-hydrogen) atoms. The van der Waals surface area contributed by atoms with Crippen molar-refractivity contribution in [1.82, 2.24) is 20.5 Å². The van der Waals surface area contributed by atoms with Gasteiger partial charge in [-0.2, -0.15) is 0 Å². The largest absolute Gasteiger partial charge is 0.351 e. The number of aryl methyl sites for hydroxylation is 2. The van der Waals surface area contributed by atoms with Crippen LogP contribution in [0, 0.1) is 13.8 Å². The van der Waals surface area contributed by atoms with Gasteiger partial charge in [-0.1, -0.05) is 41.6 Å². The van der Waals surface area contributed by atoms with Gasteiger partial charge in [-0.15, -0.1) is 21.5 Å². The number of nitrogens with zero attached hydrogens (tertiary/aromatic N) is 3. The lowest BCUT2D eigenvalue weighted by Gasteiger charge is -2.20. The lowest BCUT2D eigenvalue weighted by molar-refractivity contribution is -0.119. The Balaban J connectivity index is 1.90. The van der Waals surface area contributed by atoms with Crippen molar-refractivity contribution in [2.75, 3.05) is 5.75 Å². The fourth-order valence-corrected chi connectivity index (χ4v) is 4.22. The standard InChI is InChI=1S/C19H22N4OS2/c1-11-6-8-13(9-7-11)15-17-16(20-12(2)26-17)18(23-22-15)25-10-14(24)21-19(3,4)5/h6-9H,10H2,1-5H3,(H,21,24). The normalized spacial score (nSPS) is 11.7. The van der Waals surface area contributed by atoms with Crippen LogP contribution in [-0.2, 0) is 4.79 Å². The zero-order valence-corrected chi connectivity index (χ0v) is 17.2. The van der Waals surface area contributed by atoms with Crippen LogP contribution in [0.15, 0.2) is 29.3 Å². The van der Waals surface area contributed by atoms with E-state index in [2.05, 4.69) is 51.7 Å². The highest BCUT2D eigenvalue weighted by molar-refractivity contribution is 8.00. The molecule has 0 aliphatic rings. The molecule has 0 aliphatic carbocycles. The number of amides is 1. The first-order chi connectivity index (χ1) is 12.2. The zero-order valence-electron chi connectivity index (χ0n) is 15.6. The SMILES string of the molecule is Cc1ccc(-c2nnc(SCC(=O)NC(C)(C)C)c3nc(C)sc23)cc1. The molecule has 0 saturated heterocycles. The Kier molecular flexibility index (Phi) is 5.29. The smallest absolute Gasteiger partial charge is 0.230 e. The number of rotatable bonds is 4. The van der Waals surface area contributed by atoms with Crippen molar-refractivity contribution >= 4 is 39.2 Å². The maximum atomic E-state index is 12.1. The highest BCUT2D eigenvalue weighted by Gasteiger charge is 2.18. The van der Waals surface area contributed by atoms with E-state index in [0.717, 1.165) is 26.5 Å². The number of hydrogen-bond donors (Lipinski definition) is 1. The van der Waals surface area contributed by atoms with E-state index in [1.807, 2.05) is 27.7 Å². The highest BCUT2D eigenvalue weighted by Crippen LogP contribution is 2.35. The van der Waals surface area contributed by atoms with Crippen LogP contribution in [0.2, 0.25) is 0 Å². The third-order valence-electron chi connectivity index (χ3n) is 3.57. The van der Waals surface area contributed by atoms with Crippen molar-refractivity contribution in [3.8, 4) is 11.3 Å². The maximum absolute atomic E-state index is 12.1. The average Bonchev–Trinajstić information content (AvgIpc) is 2.93. The van der Waals surface area contributed by atoms with Crippen molar-refractivity contribution in [2.45, 2.75) is 45.2 Å². The number of hydrogen-bond acceptors (Lipinski definition) is 6. The molecule has 0 spiro atoms. The van der Waals surface area contributed by atoms with E-state index in [-0.39, 0.29) is 11.4 Å². The van der Waals surface area contributed by atoms with Crippen LogP contribution >= 0.6 is 23.1 Å². The molecule has 136 valence electrons. The van der Waals surface area contributed by atoms with Gasteiger partial charge < -0.3 is 5.32 Å². The highest BCUT2D eigenvalue weighted by atomic mass is 32.2. The third kappa shape index (κ3) is 4.40. The van der Waals surface area contributed by atoms with Crippen LogP contribution < -0.4 is 5.32 Å². The number of carbonyl (C=O) groups excluding carboxylic acids is 1. The van der Waals surface area contributed by atoms with E-state index in [1.165, 1.54) is 17.3 Å². The number of benzene rings is 1. The third-order valence-corrected chi connectivity index (χ3v) is 5.50. The molecule has 0 unspecified atom stereocenters. The van der Waals surface area contributed by atoms with E-state index >= 15 is 0 Å². The van der Waals surface area contributed by atoms with Gasteiger partial charge in [0, 0.05) is 11.1 Å². The summed E-state index contributed by atoms with van der Waals surface area (Å²) in [7, 11) is 0. The molecule has 0 bridgehead atoms. The summed E-state index contributed by atoms with van der Waals surface area (Å²) in [6.45, 7) is 9.93. The van der Waals surface area contributed by atoms with E-state index in [4.69, 9.17) is 0 Å². The first-order valence-electron chi connectivity index (χ1n) is 8.37. The number of nitrogens with one attached hydrogen (secondary N) is 1. The van der Waals surface area contributed by atoms with Crippen LogP contribution in [0.25, 0.3) is 21.5 Å². The van der Waals surface area contributed by atoms with Gasteiger partial charge in [-0.25, -0.2) is 4.98 Å². The minimum Gasteiger partial charge on any atom is -0.351 e. The lowest BCUT2D eigenvalue weighted by Crippen LogP contribution is -2.41. The van der Waals surface area contributed by atoms with Gasteiger partial charge in [0.25, 0.3) is 0 Å². The van der Waals surface area contributed by atoms with Crippen LogP contribution in [0.1, 0.15) is 31.3 Å². The molecule has 7 heteroatoms. The van der Waals surface area contributed by atoms with Crippen molar-refractivity contribution in [3.63, 3.8) is 0 Å². The summed E-state index contributed by atoms with van der Waals surface area (Å²) in [4.78, 5) is 16.7. The molecule has 1 aromatic carbocycles. The number of thiazole rings is 1. The van der Waals surface area contributed by atoms with Crippen LogP contribution in [0.4, 0.5) is 0 Å². The van der Waals surface area contributed by atoms with Gasteiger partial charge in [0.1, 0.15) is 16.2 Å². The van der Waals surface area contributed by atoms with Gasteiger partial charge in [0.15, 0.2) is 0 Å². The summed E-state index contributed by atoms with van der Waals surface area (Å²) in [5.41, 5.74) is 3.65. The second-order valence-corrected chi connectivity index (χ2v) is 9.38. The molecule has 0 saturated carbocycles. The van der Waals surface area contributed by atoms with Gasteiger partial charge in [-0.05, 0) is 34.6 Å². The summed E-state index contributed by atoms with van der Waals surface area (Å²) in [6, 6.07) is 8.24. The van der Waals surface area contributed by atoms with Crippen molar-refractivity contribution in [3.05, 3.63) is 34.8 Å². The van der Waals surface area contributed by atoms with E-state index in [9.17, 15) is 4.79 Å². The van der Waals surface area contributed by atoms with E-state index in [0.29, 0.717) is 10.8 Å². The molecule has 2 heterocycles. The molecule has 0 aliphatic heterocycles. The molecular weight excluding hydrogens is 364 g/mol. The zero-order chi connectivity index (χ0) is 18.9. The molecule has 3 aromatic rings. The van der Waals surface area contributed by atoms with Crippen LogP contribution in [-0.4, -0.2) is 32.4 Å². The number of carbonyl (C=O) groups is 1. The Morgan fingerprint density at radius 2 is 1.85 bits per heavy atom. The van der Waals surface area contributed by atoms with Crippen LogP contribution in [0.3, 0.4) is 0 Å². The second kappa shape index (κ2) is 7.32. The number of thioether (sulfide) groups is 1. The van der Waals surface area contributed by atoms with Crippen molar-refractivity contribution in [1.29, 1.82) is 0 Å². The van der Waals surface area contributed by atoms with Gasteiger partial charge in [-0.3, -0.25) is 4.79 Å². The molecule has 5 nitrogen and oxygen atoms in total. The minimum absolute atomic E-state index is 0.0213. The van der Waals surface area contributed by atoms with Gasteiger partial charge in [0.05, 0.1) is 15.5 Å². The summed E-state index contributed by atoms with van der Waals surface area (Å²) in [5.74, 6) is 0.272. The monoisotopic (exact) mass is 386 g/mol. The molecule has 3 rings (SSSR count). The van der Waals surface area contributed by atoms with Gasteiger partial charge >= 0.3 is 0 Å². The Morgan fingerprint density at radius 3 is 2.50 bits per heavy atom. The summed E-state index contributed by atoms with van der Waals surface area (Å²) >= 11 is 2.99. The second-order valence-electron chi connectivity index (χ2n) is 7.22. The number of fused-ring (bicyclic) bond motifs is 1. The fraction of sp³-hybridized carbons (Fsp3) is 0.368.